The normalized spacial score (nSPS) is 8.93. The standard InChI is InChI=1S/C9H8O2.CH3O.H2O.Zn/c10-9(11)7-6-8-4-2-1-3-5-8;1-2;;/h1-7H,(H,10,11);1H3;1H2;/q;-1;;+2/p-1. The van der Waals surface area contributed by atoms with Gasteiger partial charge in [-0.3, -0.25) is 0 Å². The number of carbonyl (C=O) groups is 1. The van der Waals surface area contributed by atoms with Crippen molar-refractivity contribution >= 4 is 12.0 Å². The predicted octanol–water partition coefficient (Wildman–Crippen LogP) is 1.32. The number of rotatable bonds is 3. The summed E-state index contributed by atoms with van der Waals surface area (Å²) in [5, 5.41) is 8.29. The quantitative estimate of drug-likeness (QED) is 0.636. The minimum absolute atomic E-state index is 0.898. The molecule has 2 N–H and O–H groups in total. The van der Waals surface area contributed by atoms with Gasteiger partial charge >= 0.3 is 38.4 Å². The van der Waals surface area contributed by atoms with Crippen LogP contribution in [0, 0.1) is 0 Å². The summed E-state index contributed by atoms with van der Waals surface area (Å²) in [5.74, 6) is -0.922. The van der Waals surface area contributed by atoms with E-state index < -0.39 is 23.8 Å². The zero-order chi connectivity index (χ0) is 11.5. The number of carboxylic acid groups (broad SMARTS) is 1. The first-order valence-electron chi connectivity index (χ1n) is 4.26. The molecule has 0 aliphatic rings. The smallest absolute Gasteiger partial charge is 0.328 e. The van der Waals surface area contributed by atoms with Gasteiger partial charge < -0.3 is 5.11 Å². The van der Waals surface area contributed by atoms with E-state index in [0.717, 1.165) is 11.6 Å². The first-order chi connectivity index (χ1) is 7.20. The van der Waals surface area contributed by atoms with Gasteiger partial charge in [-0.1, -0.05) is 30.3 Å². The summed E-state index contributed by atoms with van der Waals surface area (Å²) in [6.07, 6.45) is 2.68. The van der Waals surface area contributed by atoms with E-state index >= 15 is 0 Å². The maximum Gasteiger partial charge on any atom is 0.328 e. The van der Waals surface area contributed by atoms with E-state index in [1.165, 1.54) is 7.11 Å². The van der Waals surface area contributed by atoms with Crippen LogP contribution in [0.5, 0.6) is 0 Å². The number of hydrogen-bond acceptors (Lipinski definition) is 3. The molecule has 5 heteroatoms. The minimum Gasteiger partial charge on any atom is -0.478 e. The van der Waals surface area contributed by atoms with Crippen molar-refractivity contribution in [2.45, 2.75) is 0 Å². The van der Waals surface area contributed by atoms with Crippen molar-refractivity contribution < 1.29 is 35.2 Å². The maximum absolute atomic E-state index is 10.1. The second-order valence-electron chi connectivity index (χ2n) is 2.50. The Bertz CT molecular complexity index is 296. The predicted molar refractivity (Wildman–Crippen MR) is 52.3 cm³/mol. The summed E-state index contributed by atoms with van der Waals surface area (Å²) in [6, 6.07) is 9.31. The Balaban J connectivity index is 0.000000423. The third-order valence-electron chi connectivity index (χ3n) is 1.35. The van der Waals surface area contributed by atoms with Crippen molar-refractivity contribution in [2.24, 2.45) is 0 Å². The second-order valence-corrected chi connectivity index (χ2v) is 4.25. The van der Waals surface area contributed by atoms with Gasteiger partial charge in [0.1, 0.15) is 0 Å². The molecule has 0 aliphatic carbocycles. The zero-order valence-electron chi connectivity index (χ0n) is 8.46. The Labute approximate surface area is 96.6 Å². The van der Waals surface area contributed by atoms with Gasteiger partial charge in [-0.25, -0.2) is 4.79 Å². The Morgan fingerprint density at radius 2 is 1.93 bits per heavy atom. The van der Waals surface area contributed by atoms with Gasteiger partial charge in [0.15, 0.2) is 0 Å². The average Bonchev–Trinajstić information content (AvgIpc) is 2.28. The topological polar surface area (TPSA) is 66.8 Å². The second kappa shape index (κ2) is 9.53. The fraction of sp³-hybridized carbons (Fsp3) is 0.100. The molecule has 0 aliphatic heterocycles. The third kappa shape index (κ3) is 9.28. The molecule has 0 radical (unpaired) electrons. The molecular formula is C10H12O4Zn. The Hall–Kier alpha value is -1.03. The summed E-state index contributed by atoms with van der Waals surface area (Å²) >= 11 is -1.39. The zero-order valence-corrected chi connectivity index (χ0v) is 11.4. The summed E-state index contributed by atoms with van der Waals surface area (Å²) in [4.78, 5) is 10.1. The molecule has 15 heavy (non-hydrogen) atoms. The molecule has 0 fully saturated rings. The van der Waals surface area contributed by atoms with Crippen LogP contribution in [0.15, 0.2) is 36.4 Å². The maximum atomic E-state index is 10.1. The molecule has 0 saturated heterocycles. The van der Waals surface area contributed by atoms with E-state index in [0.29, 0.717) is 0 Å². The van der Waals surface area contributed by atoms with Crippen LogP contribution in [-0.2, 0) is 26.2 Å². The molecule has 0 spiro atoms. The van der Waals surface area contributed by atoms with Crippen molar-refractivity contribution in [2.75, 3.05) is 7.11 Å². The van der Waals surface area contributed by atoms with E-state index in [1.54, 1.807) is 6.08 Å². The van der Waals surface area contributed by atoms with E-state index in [-0.39, 0.29) is 0 Å². The van der Waals surface area contributed by atoms with Gasteiger partial charge in [0.25, 0.3) is 0 Å². The molecular weight excluding hydrogens is 249 g/mol. The van der Waals surface area contributed by atoms with Gasteiger partial charge in [0.05, 0.1) is 0 Å². The van der Waals surface area contributed by atoms with Gasteiger partial charge in [-0.2, -0.15) is 0 Å². The van der Waals surface area contributed by atoms with Gasteiger partial charge in [0.2, 0.25) is 0 Å². The van der Waals surface area contributed by atoms with Crippen LogP contribution in [0.4, 0.5) is 0 Å². The van der Waals surface area contributed by atoms with Crippen LogP contribution in [0.2, 0.25) is 0 Å². The van der Waals surface area contributed by atoms with E-state index in [4.69, 9.17) is 9.04 Å². The van der Waals surface area contributed by atoms with Crippen LogP contribution in [0.3, 0.4) is 0 Å². The molecule has 0 unspecified atom stereocenters. The molecule has 0 saturated carbocycles. The van der Waals surface area contributed by atoms with Crippen LogP contribution in [0.25, 0.3) is 6.08 Å². The Kier molecular flexibility index (Phi) is 8.87. The summed E-state index contributed by atoms with van der Waals surface area (Å²) in [5.41, 5.74) is 0.898. The molecule has 78 valence electrons. The van der Waals surface area contributed by atoms with Gasteiger partial charge in [-0.05, 0) is 11.6 Å². The molecule has 1 aromatic carbocycles. The fourth-order valence-corrected chi connectivity index (χ4v) is 0.732. The molecule has 0 bridgehead atoms. The molecule has 4 nitrogen and oxygen atoms in total. The van der Waals surface area contributed by atoms with Crippen molar-refractivity contribution in [3.05, 3.63) is 42.0 Å². The largest absolute Gasteiger partial charge is 0.478 e. The number of aliphatic carboxylic acids is 1. The van der Waals surface area contributed by atoms with Crippen molar-refractivity contribution in [1.82, 2.24) is 0 Å². The van der Waals surface area contributed by atoms with E-state index in [1.807, 2.05) is 30.3 Å². The van der Waals surface area contributed by atoms with Gasteiger partial charge in [-0.15, -0.1) is 0 Å². The summed E-state index contributed by atoms with van der Waals surface area (Å²) in [6.45, 7) is 0. The van der Waals surface area contributed by atoms with Gasteiger partial charge in [0, 0.05) is 6.08 Å². The summed E-state index contributed by atoms with van der Waals surface area (Å²) < 4.78 is 12.1. The van der Waals surface area contributed by atoms with Crippen LogP contribution < -0.4 is 0 Å². The molecule has 0 heterocycles. The molecule has 0 amide bonds. The third-order valence-corrected chi connectivity index (χ3v) is 1.89. The fourth-order valence-electron chi connectivity index (χ4n) is 0.732. The number of benzene rings is 1. The number of carboxylic acids is 1. The van der Waals surface area contributed by atoms with Crippen LogP contribution in [0.1, 0.15) is 5.56 Å². The van der Waals surface area contributed by atoms with Crippen LogP contribution >= 0.6 is 0 Å². The van der Waals surface area contributed by atoms with Crippen molar-refractivity contribution in [3.8, 4) is 0 Å². The SMILES string of the molecule is C[O][Zn][OH].O=C(O)C=Cc1ccccc1. The first kappa shape index (κ1) is 14.0. The van der Waals surface area contributed by atoms with E-state index in [2.05, 4.69) is 3.56 Å². The van der Waals surface area contributed by atoms with Crippen molar-refractivity contribution in [1.29, 1.82) is 0 Å². The Morgan fingerprint density at radius 1 is 1.40 bits per heavy atom. The molecule has 1 aromatic rings. The first-order valence-corrected chi connectivity index (χ1v) is 6.80. The minimum atomic E-state index is -1.39. The van der Waals surface area contributed by atoms with Crippen molar-refractivity contribution in [3.63, 3.8) is 0 Å². The molecule has 0 aromatic heterocycles. The molecule has 0 atom stereocenters. The Morgan fingerprint density at radius 3 is 2.33 bits per heavy atom. The number of hydrogen-bond donors (Lipinski definition) is 2. The van der Waals surface area contributed by atoms with Crippen LogP contribution in [-0.4, -0.2) is 22.1 Å². The summed E-state index contributed by atoms with van der Waals surface area (Å²) in [7, 11) is 1.51. The average molecular weight is 262 g/mol. The monoisotopic (exact) mass is 260 g/mol. The van der Waals surface area contributed by atoms with E-state index in [9.17, 15) is 4.79 Å². The molecule has 1 rings (SSSR count).